The number of alkyl halides is 3. The smallest absolute Gasteiger partial charge is 0.405 e. The average molecular weight is 427 g/mol. The van der Waals surface area contributed by atoms with Gasteiger partial charge in [-0.3, -0.25) is 14.5 Å². The number of halogens is 3. The molecule has 0 bridgehead atoms. The van der Waals surface area contributed by atoms with Crippen molar-refractivity contribution in [2.75, 3.05) is 6.54 Å². The number of carbonyl (C=O) groups is 3. The summed E-state index contributed by atoms with van der Waals surface area (Å²) in [5.74, 6) is -1.73. The number of hydrogen-bond acceptors (Lipinski definition) is 5. The monoisotopic (exact) mass is 427 g/mol. The Hall–Kier alpha value is -3.08. The first-order valence-electron chi connectivity index (χ1n) is 8.37. The van der Waals surface area contributed by atoms with Crippen LogP contribution in [0, 0.1) is 0 Å². The summed E-state index contributed by atoms with van der Waals surface area (Å²) in [7, 11) is 0. The molecule has 1 aliphatic heterocycles. The highest BCUT2D eigenvalue weighted by Gasteiger charge is 2.49. The zero-order valence-corrected chi connectivity index (χ0v) is 15.9. The highest BCUT2D eigenvalue weighted by molar-refractivity contribution is 7.08. The fraction of sp³-hybridized carbons (Fsp3) is 0.278. The lowest BCUT2D eigenvalue weighted by Gasteiger charge is -2.20. The number of amides is 4. The fourth-order valence-electron chi connectivity index (χ4n) is 2.85. The van der Waals surface area contributed by atoms with Gasteiger partial charge >= 0.3 is 12.4 Å². The molecular formula is C18H16F3N3O4S. The third-order valence-electron chi connectivity index (χ3n) is 4.35. The molecule has 1 saturated heterocycles. The number of urea groups is 1. The van der Waals surface area contributed by atoms with Crippen molar-refractivity contribution in [2.24, 2.45) is 0 Å². The van der Waals surface area contributed by atoms with Gasteiger partial charge in [0.05, 0.1) is 0 Å². The number of nitrogens with one attached hydrogen (secondary N) is 2. The lowest BCUT2D eigenvalue weighted by atomic mass is 9.95. The van der Waals surface area contributed by atoms with Crippen LogP contribution in [-0.2, 0) is 21.7 Å². The molecule has 1 aromatic heterocycles. The summed E-state index contributed by atoms with van der Waals surface area (Å²) in [5, 5.41) is 8.44. The van der Waals surface area contributed by atoms with Crippen LogP contribution in [0.2, 0.25) is 0 Å². The van der Waals surface area contributed by atoms with E-state index >= 15 is 0 Å². The summed E-state index contributed by atoms with van der Waals surface area (Å²) < 4.78 is 41.3. The van der Waals surface area contributed by atoms with Gasteiger partial charge in [-0.2, -0.15) is 11.3 Å². The van der Waals surface area contributed by atoms with E-state index in [2.05, 4.69) is 15.4 Å². The lowest BCUT2D eigenvalue weighted by Crippen LogP contribution is -2.43. The molecule has 154 valence electrons. The van der Waals surface area contributed by atoms with Crippen LogP contribution in [0.3, 0.4) is 0 Å². The standard InChI is InChI=1S/C18H16F3N3O4S/c1-17(12-6-7-29-10-12)15(26)24(16(27)23-17)9-14(25)22-8-11-4-2-3-5-13(11)28-18(19,20)21/h2-7,10H,8-9H2,1H3,(H,22,25)(H,23,27). The minimum absolute atomic E-state index is 0.0958. The molecule has 2 heterocycles. The van der Waals surface area contributed by atoms with E-state index in [-0.39, 0.29) is 12.1 Å². The van der Waals surface area contributed by atoms with Gasteiger partial charge in [-0.15, -0.1) is 13.2 Å². The highest BCUT2D eigenvalue weighted by Crippen LogP contribution is 2.30. The van der Waals surface area contributed by atoms with Crippen molar-refractivity contribution >= 4 is 29.2 Å². The molecule has 7 nitrogen and oxygen atoms in total. The van der Waals surface area contributed by atoms with E-state index in [1.165, 1.54) is 36.5 Å². The Kier molecular flexibility index (Phi) is 5.51. The van der Waals surface area contributed by atoms with Crippen molar-refractivity contribution in [3.8, 4) is 5.75 Å². The van der Waals surface area contributed by atoms with E-state index in [0.29, 0.717) is 5.56 Å². The van der Waals surface area contributed by atoms with Gasteiger partial charge < -0.3 is 15.4 Å². The molecule has 1 atom stereocenters. The summed E-state index contributed by atoms with van der Waals surface area (Å²) in [6.45, 7) is 0.709. The Bertz CT molecular complexity index is 933. The van der Waals surface area contributed by atoms with E-state index in [4.69, 9.17) is 0 Å². The van der Waals surface area contributed by atoms with Gasteiger partial charge in [0.2, 0.25) is 5.91 Å². The molecule has 1 aromatic carbocycles. The number of imide groups is 1. The first-order valence-corrected chi connectivity index (χ1v) is 9.31. The summed E-state index contributed by atoms with van der Waals surface area (Å²) in [4.78, 5) is 37.8. The summed E-state index contributed by atoms with van der Waals surface area (Å²) in [5.41, 5.74) is -0.578. The number of thiophene rings is 1. The summed E-state index contributed by atoms with van der Waals surface area (Å²) in [6.07, 6.45) is -4.87. The number of para-hydroxylation sites is 1. The zero-order chi connectivity index (χ0) is 21.2. The van der Waals surface area contributed by atoms with Gasteiger partial charge in [0, 0.05) is 12.1 Å². The molecule has 1 aliphatic rings. The van der Waals surface area contributed by atoms with Crippen molar-refractivity contribution in [3.63, 3.8) is 0 Å². The zero-order valence-electron chi connectivity index (χ0n) is 15.1. The van der Waals surface area contributed by atoms with E-state index < -0.39 is 42.0 Å². The Labute approximate surface area is 167 Å². The minimum Gasteiger partial charge on any atom is -0.405 e. The number of carbonyl (C=O) groups excluding carboxylic acids is 3. The molecule has 1 fully saturated rings. The number of benzene rings is 1. The van der Waals surface area contributed by atoms with Crippen LogP contribution in [0.5, 0.6) is 5.75 Å². The van der Waals surface area contributed by atoms with Crippen molar-refractivity contribution in [1.82, 2.24) is 15.5 Å². The van der Waals surface area contributed by atoms with Crippen LogP contribution in [0.25, 0.3) is 0 Å². The first-order chi connectivity index (χ1) is 13.6. The topological polar surface area (TPSA) is 87.7 Å². The van der Waals surface area contributed by atoms with Gasteiger partial charge in [0.25, 0.3) is 5.91 Å². The highest BCUT2D eigenvalue weighted by atomic mass is 32.1. The molecule has 0 radical (unpaired) electrons. The predicted octanol–water partition coefficient (Wildman–Crippen LogP) is 2.73. The lowest BCUT2D eigenvalue weighted by molar-refractivity contribution is -0.274. The molecule has 3 rings (SSSR count). The molecule has 0 aliphatic carbocycles. The third-order valence-corrected chi connectivity index (χ3v) is 5.03. The summed E-state index contributed by atoms with van der Waals surface area (Å²) in [6, 6.07) is 6.32. The quantitative estimate of drug-likeness (QED) is 0.694. The average Bonchev–Trinajstić information content (AvgIpc) is 3.24. The molecule has 11 heteroatoms. The van der Waals surface area contributed by atoms with E-state index in [1.54, 1.807) is 16.8 Å². The van der Waals surface area contributed by atoms with E-state index in [0.717, 1.165) is 11.0 Å². The second-order valence-electron chi connectivity index (χ2n) is 6.39. The van der Waals surface area contributed by atoms with Gasteiger partial charge in [-0.25, -0.2) is 4.79 Å². The molecule has 29 heavy (non-hydrogen) atoms. The SMILES string of the molecule is CC1(c2ccsc2)NC(=O)N(CC(=O)NCc2ccccc2OC(F)(F)F)C1=O. The third kappa shape index (κ3) is 4.50. The van der Waals surface area contributed by atoms with Crippen LogP contribution < -0.4 is 15.4 Å². The maximum absolute atomic E-state index is 12.7. The van der Waals surface area contributed by atoms with Crippen LogP contribution in [0.4, 0.5) is 18.0 Å². The molecule has 0 saturated carbocycles. The Morgan fingerprint density at radius 1 is 1.28 bits per heavy atom. The van der Waals surface area contributed by atoms with Crippen molar-refractivity contribution < 1.29 is 32.3 Å². The largest absolute Gasteiger partial charge is 0.573 e. The molecule has 4 amide bonds. The second-order valence-corrected chi connectivity index (χ2v) is 7.17. The number of ether oxygens (including phenoxy) is 1. The number of nitrogens with zero attached hydrogens (tertiary/aromatic N) is 1. The van der Waals surface area contributed by atoms with Crippen LogP contribution in [-0.4, -0.2) is 35.7 Å². The molecular weight excluding hydrogens is 411 g/mol. The first kappa shape index (κ1) is 20.6. The number of rotatable bonds is 6. The van der Waals surface area contributed by atoms with Crippen molar-refractivity contribution in [3.05, 3.63) is 52.2 Å². The van der Waals surface area contributed by atoms with Gasteiger partial charge in [0.15, 0.2) is 0 Å². The minimum atomic E-state index is -4.87. The molecule has 1 unspecified atom stereocenters. The Morgan fingerprint density at radius 2 is 2.00 bits per heavy atom. The van der Waals surface area contributed by atoms with Gasteiger partial charge in [-0.1, -0.05) is 18.2 Å². The normalized spacial score (nSPS) is 19.2. The van der Waals surface area contributed by atoms with Crippen molar-refractivity contribution in [2.45, 2.75) is 25.4 Å². The maximum Gasteiger partial charge on any atom is 0.573 e. The molecule has 2 aromatic rings. The number of hydrogen-bond donors (Lipinski definition) is 2. The molecule has 2 N–H and O–H groups in total. The van der Waals surface area contributed by atoms with E-state index in [1.807, 2.05) is 0 Å². The fourth-order valence-corrected chi connectivity index (χ4v) is 3.62. The van der Waals surface area contributed by atoms with Gasteiger partial charge in [-0.05, 0) is 35.4 Å². The van der Waals surface area contributed by atoms with Crippen LogP contribution in [0.15, 0.2) is 41.1 Å². The Balaban J connectivity index is 1.64. The van der Waals surface area contributed by atoms with Crippen LogP contribution in [0.1, 0.15) is 18.1 Å². The Morgan fingerprint density at radius 3 is 2.66 bits per heavy atom. The predicted molar refractivity (Wildman–Crippen MR) is 96.9 cm³/mol. The summed E-state index contributed by atoms with van der Waals surface area (Å²) >= 11 is 1.36. The maximum atomic E-state index is 12.7. The second kappa shape index (κ2) is 7.74. The van der Waals surface area contributed by atoms with Crippen molar-refractivity contribution in [1.29, 1.82) is 0 Å². The van der Waals surface area contributed by atoms with Gasteiger partial charge in [0.1, 0.15) is 17.8 Å². The van der Waals surface area contributed by atoms with E-state index in [9.17, 15) is 27.6 Å². The molecule has 0 spiro atoms. The van der Waals surface area contributed by atoms with Crippen LogP contribution >= 0.6 is 11.3 Å².